The monoisotopic (exact) mass is 542 g/mol. The van der Waals surface area contributed by atoms with Crippen molar-refractivity contribution in [3.63, 3.8) is 0 Å². The lowest BCUT2D eigenvalue weighted by molar-refractivity contribution is -0.148. The predicted octanol–water partition coefficient (Wildman–Crippen LogP) is 4.81. The van der Waals surface area contributed by atoms with Crippen LogP contribution >= 0.6 is 15.9 Å². The van der Waals surface area contributed by atoms with Crippen molar-refractivity contribution in [2.45, 2.75) is 18.6 Å². The van der Waals surface area contributed by atoms with Gasteiger partial charge in [0.15, 0.2) is 11.5 Å². The highest BCUT2D eigenvalue weighted by molar-refractivity contribution is 9.10. The van der Waals surface area contributed by atoms with Crippen molar-refractivity contribution in [3.05, 3.63) is 81.3 Å². The maximum atomic E-state index is 12.9. The van der Waals surface area contributed by atoms with Gasteiger partial charge < -0.3 is 28.8 Å². The highest BCUT2D eigenvalue weighted by atomic mass is 79.9. The van der Waals surface area contributed by atoms with Gasteiger partial charge >= 0.3 is 11.9 Å². The lowest BCUT2D eigenvalue weighted by Crippen LogP contribution is -2.38. The molecule has 35 heavy (non-hydrogen) atoms. The second-order valence-electron chi connectivity index (χ2n) is 7.75. The largest absolute Gasteiger partial charge is 0.495 e. The average molecular weight is 543 g/mol. The number of hydrogen-bond donors (Lipinski definition) is 1. The molecule has 0 saturated heterocycles. The topological polar surface area (TPSA) is 101 Å². The van der Waals surface area contributed by atoms with E-state index >= 15 is 0 Å². The molecule has 2 unspecified atom stereocenters. The number of carbonyl (C=O) groups is 2. The zero-order chi connectivity index (χ0) is 25.1. The van der Waals surface area contributed by atoms with E-state index < -0.39 is 24.0 Å². The Morgan fingerprint density at radius 2 is 1.57 bits per heavy atom. The van der Waals surface area contributed by atoms with Gasteiger partial charge in [0.1, 0.15) is 22.6 Å². The quantitative estimate of drug-likeness (QED) is 0.404. The zero-order valence-corrected chi connectivity index (χ0v) is 20.8. The first-order chi connectivity index (χ1) is 16.9. The lowest BCUT2D eigenvalue weighted by atomic mass is 9.81. The number of benzene rings is 3. The number of esters is 1. The number of ether oxygens (including phenoxy) is 5. The Labute approximate surface area is 210 Å². The van der Waals surface area contributed by atoms with Gasteiger partial charge in [-0.15, -0.1) is 0 Å². The van der Waals surface area contributed by atoms with Crippen molar-refractivity contribution in [3.8, 4) is 23.0 Å². The van der Waals surface area contributed by atoms with Crippen molar-refractivity contribution < 1.29 is 38.4 Å². The predicted molar refractivity (Wildman–Crippen MR) is 130 cm³/mol. The number of methoxy groups -OCH3 is 3. The minimum Gasteiger partial charge on any atom is -0.495 e. The first kappa shape index (κ1) is 24.4. The fraction of sp³-hybridized carbons (Fsp3) is 0.231. The van der Waals surface area contributed by atoms with Gasteiger partial charge in [0, 0.05) is 0 Å². The number of carboxylic acids is 1. The van der Waals surface area contributed by atoms with Gasteiger partial charge in [0.2, 0.25) is 6.10 Å². The van der Waals surface area contributed by atoms with Gasteiger partial charge in [-0.3, -0.25) is 0 Å². The fourth-order valence-electron chi connectivity index (χ4n) is 4.04. The van der Waals surface area contributed by atoms with Gasteiger partial charge in [0.05, 0.1) is 32.8 Å². The Kier molecular flexibility index (Phi) is 7.16. The molecule has 182 valence electrons. The molecule has 0 amide bonds. The van der Waals surface area contributed by atoms with Crippen LogP contribution in [0.25, 0.3) is 0 Å². The smallest absolute Gasteiger partial charge is 0.346 e. The van der Waals surface area contributed by atoms with E-state index in [0.717, 1.165) is 5.56 Å². The van der Waals surface area contributed by atoms with E-state index in [-0.39, 0.29) is 12.2 Å². The summed E-state index contributed by atoms with van der Waals surface area (Å²) in [6.07, 6.45) is -1.47. The molecule has 1 heterocycles. The second-order valence-corrected chi connectivity index (χ2v) is 8.54. The summed E-state index contributed by atoms with van der Waals surface area (Å²) in [4.78, 5) is 25.0. The van der Waals surface area contributed by atoms with E-state index in [1.165, 1.54) is 27.4 Å². The lowest BCUT2D eigenvalue weighted by Gasteiger charge is -2.32. The van der Waals surface area contributed by atoms with Crippen LogP contribution < -0.4 is 18.9 Å². The van der Waals surface area contributed by atoms with Crippen molar-refractivity contribution in [1.29, 1.82) is 0 Å². The van der Waals surface area contributed by atoms with E-state index in [9.17, 15) is 14.7 Å². The summed E-state index contributed by atoms with van der Waals surface area (Å²) in [5.41, 5.74) is 2.09. The highest BCUT2D eigenvalue weighted by Crippen LogP contribution is 2.45. The normalized spacial score (nSPS) is 16.6. The molecule has 0 aliphatic carbocycles. The van der Waals surface area contributed by atoms with Crippen LogP contribution in [0.4, 0.5) is 0 Å². The van der Waals surface area contributed by atoms with Gasteiger partial charge in [-0.25, -0.2) is 9.59 Å². The van der Waals surface area contributed by atoms with Gasteiger partial charge in [-0.1, -0.05) is 30.3 Å². The molecule has 3 aromatic carbocycles. The molecule has 4 rings (SSSR count). The zero-order valence-electron chi connectivity index (χ0n) is 19.2. The minimum atomic E-state index is -1.47. The van der Waals surface area contributed by atoms with E-state index in [4.69, 9.17) is 23.7 Å². The van der Waals surface area contributed by atoms with Crippen LogP contribution in [0.1, 0.15) is 33.0 Å². The van der Waals surface area contributed by atoms with Crippen molar-refractivity contribution in [2.75, 3.05) is 21.3 Å². The molecule has 0 spiro atoms. The number of cyclic esters (lactones) is 1. The first-order valence-corrected chi connectivity index (χ1v) is 11.4. The molecule has 1 aliphatic heterocycles. The standard InChI is InChI=1S/C26H23BrO8/c1-31-18-11-16-17(12-19(18)34-13-14-7-5-4-6-8-14)26(30)35-24(25(28)29)22(16)15-9-20(32-2)23(27)21(10-15)33-3/h4-12,22,24H,13H2,1-3H3,(H,28,29). The summed E-state index contributed by atoms with van der Waals surface area (Å²) >= 11 is 3.43. The van der Waals surface area contributed by atoms with E-state index in [1.807, 2.05) is 30.3 Å². The molecule has 1 aliphatic rings. The molecule has 0 radical (unpaired) electrons. The van der Waals surface area contributed by atoms with Gasteiger partial charge in [-0.05, 0) is 56.9 Å². The summed E-state index contributed by atoms with van der Waals surface area (Å²) in [6, 6.07) is 16.1. The summed E-state index contributed by atoms with van der Waals surface area (Å²) in [7, 11) is 4.46. The van der Waals surface area contributed by atoms with Crippen LogP contribution in [0.3, 0.4) is 0 Å². The van der Waals surface area contributed by atoms with Crippen LogP contribution in [0, 0.1) is 0 Å². The van der Waals surface area contributed by atoms with E-state index in [2.05, 4.69) is 15.9 Å². The maximum absolute atomic E-state index is 12.9. The molecular formula is C26H23BrO8. The van der Waals surface area contributed by atoms with Crippen LogP contribution in [0.5, 0.6) is 23.0 Å². The van der Waals surface area contributed by atoms with Crippen LogP contribution in [0.2, 0.25) is 0 Å². The van der Waals surface area contributed by atoms with Gasteiger partial charge in [-0.2, -0.15) is 0 Å². The number of rotatable bonds is 8. The summed E-state index contributed by atoms with van der Waals surface area (Å²) < 4.78 is 28.3. The molecule has 0 fully saturated rings. The summed E-state index contributed by atoms with van der Waals surface area (Å²) in [6.45, 7) is 0.257. The third-order valence-corrected chi connectivity index (χ3v) is 6.52. The van der Waals surface area contributed by atoms with E-state index in [0.29, 0.717) is 38.6 Å². The molecule has 2 atom stereocenters. The Hall–Kier alpha value is -3.72. The third kappa shape index (κ3) is 4.77. The Morgan fingerprint density at radius 1 is 0.943 bits per heavy atom. The van der Waals surface area contributed by atoms with Crippen LogP contribution in [0.15, 0.2) is 59.1 Å². The summed E-state index contributed by atoms with van der Waals surface area (Å²) in [5, 5.41) is 9.91. The molecule has 0 bridgehead atoms. The number of fused-ring (bicyclic) bond motifs is 1. The average Bonchev–Trinajstić information content (AvgIpc) is 2.87. The van der Waals surface area contributed by atoms with Crippen molar-refractivity contribution in [2.24, 2.45) is 0 Å². The molecular weight excluding hydrogens is 520 g/mol. The minimum absolute atomic E-state index is 0.192. The number of halogens is 1. The Morgan fingerprint density at radius 3 is 2.14 bits per heavy atom. The van der Waals surface area contributed by atoms with Crippen molar-refractivity contribution in [1.82, 2.24) is 0 Å². The fourth-order valence-corrected chi connectivity index (χ4v) is 4.60. The van der Waals surface area contributed by atoms with Gasteiger partial charge in [0.25, 0.3) is 0 Å². The number of aliphatic carboxylic acids is 1. The van der Waals surface area contributed by atoms with E-state index in [1.54, 1.807) is 18.2 Å². The van der Waals surface area contributed by atoms with Crippen LogP contribution in [-0.2, 0) is 16.1 Å². The Bertz CT molecular complexity index is 1230. The first-order valence-electron chi connectivity index (χ1n) is 10.6. The molecule has 0 saturated carbocycles. The molecule has 8 nitrogen and oxygen atoms in total. The molecule has 3 aromatic rings. The molecule has 9 heteroatoms. The Balaban J connectivity index is 1.84. The SMILES string of the molecule is COc1cc2c(cc1OCc1ccccc1)C(=O)OC(C(=O)O)C2c1cc(OC)c(Br)c(OC)c1. The number of carbonyl (C=O) groups excluding carboxylic acids is 1. The molecule has 0 aromatic heterocycles. The number of carboxylic acid groups (broad SMARTS) is 1. The second kappa shape index (κ2) is 10.3. The van der Waals surface area contributed by atoms with Crippen molar-refractivity contribution >= 4 is 27.9 Å². The molecule has 1 N–H and O–H groups in total. The highest BCUT2D eigenvalue weighted by Gasteiger charge is 2.42. The number of hydrogen-bond acceptors (Lipinski definition) is 7. The maximum Gasteiger partial charge on any atom is 0.346 e. The third-order valence-electron chi connectivity index (χ3n) is 5.74. The van der Waals surface area contributed by atoms with Crippen LogP contribution in [-0.4, -0.2) is 44.5 Å². The summed E-state index contributed by atoms with van der Waals surface area (Å²) in [5.74, 6) is -1.31.